The summed E-state index contributed by atoms with van der Waals surface area (Å²) in [7, 11) is 0. The van der Waals surface area contributed by atoms with Gasteiger partial charge >= 0.3 is 0 Å². The molecule has 4 atom stereocenters. The van der Waals surface area contributed by atoms with Gasteiger partial charge in [-0.3, -0.25) is 19.2 Å². The lowest BCUT2D eigenvalue weighted by atomic mass is 9.83. The van der Waals surface area contributed by atoms with Gasteiger partial charge in [0, 0.05) is 17.8 Å². The van der Waals surface area contributed by atoms with E-state index in [0.29, 0.717) is 30.6 Å². The van der Waals surface area contributed by atoms with E-state index < -0.39 is 18.1 Å². The van der Waals surface area contributed by atoms with Gasteiger partial charge in [0.1, 0.15) is 12.1 Å². The van der Waals surface area contributed by atoms with Crippen LogP contribution < -0.4 is 16.8 Å². The third-order valence-corrected chi connectivity index (χ3v) is 7.91. The van der Waals surface area contributed by atoms with Crippen LogP contribution in [0.4, 0.5) is 5.69 Å². The van der Waals surface area contributed by atoms with Gasteiger partial charge in [-0.15, -0.1) is 0 Å². The van der Waals surface area contributed by atoms with E-state index in [1.807, 2.05) is 13.8 Å². The van der Waals surface area contributed by atoms with Crippen molar-refractivity contribution in [1.29, 1.82) is 0 Å². The lowest BCUT2D eigenvalue weighted by Crippen LogP contribution is -2.53. The number of fused-ring (bicyclic) bond motifs is 1. The first-order valence-electron chi connectivity index (χ1n) is 13.2. The predicted octanol–water partition coefficient (Wildman–Crippen LogP) is 1.70. The molecular weight excluding hydrogens is 458 g/mol. The van der Waals surface area contributed by atoms with Crippen LogP contribution in [-0.4, -0.2) is 70.6 Å². The average molecular weight is 498 g/mol. The Morgan fingerprint density at radius 3 is 2.31 bits per heavy atom. The highest BCUT2D eigenvalue weighted by Gasteiger charge is 2.53. The number of rotatable bonds is 7. The number of likely N-dealkylation sites (tertiary alicyclic amines) is 2. The van der Waals surface area contributed by atoms with Gasteiger partial charge in [-0.2, -0.15) is 0 Å². The zero-order chi connectivity index (χ0) is 26.0. The van der Waals surface area contributed by atoms with Gasteiger partial charge in [-0.1, -0.05) is 33.1 Å². The Bertz CT molecular complexity index is 988. The molecule has 0 spiro atoms. The topological polar surface area (TPSA) is 139 Å². The number of hydrogen-bond donors (Lipinski definition) is 3. The minimum Gasteiger partial charge on any atom is -0.399 e. The number of nitrogen functional groups attached to an aromatic ring is 1. The maximum atomic E-state index is 13.7. The van der Waals surface area contributed by atoms with Gasteiger partial charge in [0.2, 0.25) is 11.8 Å². The van der Waals surface area contributed by atoms with E-state index in [2.05, 4.69) is 5.32 Å². The Morgan fingerprint density at radius 1 is 1.00 bits per heavy atom. The quantitative estimate of drug-likeness (QED) is 0.490. The largest absolute Gasteiger partial charge is 0.399 e. The van der Waals surface area contributed by atoms with Crippen molar-refractivity contribution in [3.63, 3.8) is 0 Å². The first-order chi connectivity index (χ1) is 17.2. The number of benzene rings is 1. The van der Waals surface area contributed by atoms with Crippen LogP contribution >= 0.6 is 0 Å². The van der Waals surface area contributed by atoms with Crippen LogP contribution in [0.5, 0.6) is 0 Å². The van der Waals surface area contributed by atoms with Crippen LogP contribution in [0, 0.1) is 11.8 Å². The summed E-state index contributed by atoms with van der Waals surface area (Å²) in [5.74, 6) is -0.652. The van der Waals surface area contributed by atoms with E-state index in [1.54, 1.807) is 34.1 Å². The molecule has 3 fully saturated rings. The van der Waals surface area contributed by atoms with Crippen LogP contribution in [0.15, 0.2) is 24.3 Å². The van der Waals surface area contributed by atoms with Crippen LogP contribution in [0.2, 0.25) is 0 Å². The maximum absolute atomic E-state index is 13.7. The molecule has 0 radical (unpaired) electrons. The van der Waals surface area contributed by atoms with Gasteiger partial charge in [-0.05, 0) is 61.8 Å². The third-order valence-electron chi connectivity index (χ3n) is 7.91. The molecule has 1 aliphatic carbocycles. The van der Waals surface area contributed by atoms with Crippen molar-refractivity contribution in [3.8, 4) is 0 Å². The molecule has 3 amide bonds. The number of nitrogens with two attached hydrogens (primary N) is 2. The number of nitrogens with one attached hydrogen (secondary N) is 1. The van der Waals surface area contributed by atoms with Crippen LogP contribution in [-0.2, 0) is 14.4 Å². The van der Waals surface area contributed by atoms with Crippen LogP contribution in [0.1, 0.15) is 69.2 Å². The highest BCUT2D eigenvalue weighted by Crippen LogP contribution is 2.33. The second-order valence-electron chi connectivity index (χ2n) is 11.0. The number of nitrogens with zero attached hydrogens (tertiary/aromatic N) is 2. The molecule has 1 saturated carbocycles. The molecule has 0 bridgehead atoms. The molecule has 4 rings (SSSR count). The zero-order valence-corrected chi connectivity index (χ0v) is 21.3. The Kier molecular flexibility index (Phi) is 7.97. The molecule has 2 aliphatic heterocycles. The monoisotopic (exact) mass is 497 g/mol. The summed E-state index contributed by atoms with van der Waals surface area (Å²) in [5.41, 5.74) is 13.1. The van der Waals surface area contributed by atoms with E-state index in [-0.39, 0.29) is 47.9 Å². The highest BCUT2D eigenvalue weighted by atomic mass is 16.2. The molecule has 0 aromatic heterocycles. The average Bonchev–Trinajstić information content (AvgIpc) is 3.44. The summed E-state index contributed by atoms with van der Waals surface area (Å²) < 4.78 is 0. The van der Waals surface area contributed by atoms with Crippen molar-refractivity contribution in [2.75, 3.05) is 18.8 Å². The molecule has 196 valence electrons. The lowest BCUT2D eigenvalue weighted by molar-refractivity contribution is -0.138. The van der Waals surface area contributed by atoms with Gasteiger partial charge in [0.05, 0.1) is 18.6 Å². The summed E-state index contributed by atoms with van der Waals surface area (Å²) in [4.78, 5) is 56.1. The van der Waals surface area contributed by atoms with Crippen molar-refractivity contribution in [2.24, 2.45) is 17.6 Å². The number of hydrogen-bond acceptors (Lipinski definition) is 6. The van der Waals surface area contributed by atoms with Gasteiger partial charge in [-0.25, -0.2) is 0 Å². The molecule has 2 heterocycles. The van der Waals surface area contributed by atoms with Gasteiger partial charge < -0.3 is 26.6 Å². The summed E-state index contributed by atoms with van der Waals surface area (Å²) in [6, 6.07) is 4.12. The van der Waals surface area contributed by atoms with E-state index >= 15 is 0 Å². The van der Waals surface area contributed by atoms with Crippen molar-refractivity contribution >= 4 is 29.2 Å². The normalized spacial score (nSPS) is 24.1. The molecule has 3 aliphatic rings. The second kappa shape index (κ2) is 11.0. The smallest absolute Gasteiger partial charge is 0.251 e. The second-order valence-corrected chi connectivity index (χ2v) is 11.0. The lowest BCUT2D eigenvalue weighted by Gasteiger charge is -2.32. The number of carbonyl (C=O) groups is 4. The molecular formula is C27H39N5O4. The molecule has 5 N–H and O–H groups in total. The maximum Gasteiger partial charge on any atom is 0.251 e. The third kappa shape index (κ3) is 5.40. The molecule has 1 aromatic rings. The zero-order valence-electron chi connectivity index (χ0n) is 21.3. The molecule has 9 heteroatoms. The van der Waals surface area contributed by atoms with E-state index in [4.69, 9.17) is 11.5 Å². The van der Waals surface area contributed by atoms with E-state index in [9.17, 15) is 19.2 Å². The Labute approximate surface area is 212 Å². The number of anilines is 1. The standard InChI is InChI=1S/C27H39N5O4/c1-16(2)14-20(30-25(34)18-8-10-19(28)11-9-18)26(35)31-13-12-21-24(31)22(33)15-32(21)27(36)23(29)17-6-4-3-5-7-17/h8-11,16-17,20-21,23-24H,3-7,12-15,28-29H2,1-2H3,(H,30,34). The van der Waals surface area contributed by atoms with Gasteiger partial charge in [0.25, 0.3) is 5.91 Å². The molecule has 9 nitrogen and oxygen atoms in total. The number of carbonyl (C=O) groups excluding carboxylic acids is 4. The molecule has 4 unspecified atom stereocenters. The van der Waals surface area contributed by atoms with E-state index in [1.165, 1.54) is 6.42 Å². The van der Waals surface area contributed by atoms with Crippen LogP contribution in [0.3, 0.4) is 0 Å². The fourth-order valence-electron chi connectivity index (χ4n) is 6.01. The SMILES string of the molecule is CC(C)CC(NC(=O)c1ccc(N)cc1)C(=O)N1CCC2C1C(=O)CN2C(=O)C(N)C1CCCCC1. The number of ketones is 1. The van der Waals surface area contributed by atoms with E-state index in [0.717, 1.165) is 25.7 Å². The summed E-state index contributed by atoms with van der Waals surface area (Å²) in [6.45, 7) is 4.33. The first kappa shape index (κ1) is 26.1. The van der Waals surface area contributed by atoms with Crippen LogP contribution in [0.25, 0.3) is 0 Å². The van der Waals surface area contributed by atoms with Crippen molar-refractivity contribution in [2.45, 2.75) is 83.0 Å². The first-order valence-corrected chi connectivity index (χ1v) is 13.2. The molecule has 36 heavy (non-hydrogen) atoms. The van der Waals surface area contributed by atoms with Crippen molar-refractivity contribution in [1.82, 2.24) is 15.1 Å². The Morgan fingerprint density at radius 2 is 1.67 bits per heavy atom. The summed E-state index contributed by atoms with van der Waals surface area (Å²) >= 11 is 0. The molecule has 1 aromatic carbocycles. The Hall–Kier alpha value is -2.94. The summed E-state index contributed by atoms with van der Waals surface area (Å²) in [6.07, 6.45) is 6.20. The highest BCUT2D eigenvalue weighted by molar-refractivity contribution is 6.01. The van der Waals surface area contributed by atoms with Crippen molar-refractivity contribution in [3.05, 3.63) is 29.8 Å². The van der Waals surface area contributed by atoms with Gasteiger partial charge in [0.15, 0.2) is 5.78 Å². The minimum absolute atomic E-state index is 0.00892. The minimum atomic E-state index is -0.768. The summed E-state index contributed by atoms with van der Waals surface area (Å²) in [5, 5.41) is 2.87. The fraction of sp³-hybridized carbons (Fsp3) is 0.630. The Balaban J connectivity index is 1.46. The van der Waals surface area contributed by atoms with Crippen molar-refractivity contribution < 1.29 is 19.2 Å². The predicted molar refractivity (Wildman–Crippen MR) is 137 cm³/mol. The molecule has 2 saturated heterocycles. The fourth-order valence-corrected chi connectivity index (χ4v) is 6.01. The number of amides is 3. The number of Topliss-reactive ketones (excluding diaryl/α,β-unsaturated/α-hetero) is 1.